The molecule has 1 amide bonds. The third-order valence-electron chi connectivity index (χ3n) is 3.31. The van der Waals surface area contributed by atoms with Crippen molar-refractivity contribution >= 4 is 35.8 Å². The lowest BCUT2D eigenvalue weighted by Gasteiger charge is -2.13. The summed E-state index contributed by atoms with van der Waals surface area (Å²) in [6.45, 7) is 3.35. The maximum absolute atomic E-state index is 11.7. The van der Waals surface area contributed by atoms with Crippen LogP contribution < -0.4 is 10.6 Å². The Morgan fingerprint density at radius 3 is 2.56 bits per heavy atom. The molecule has 2 N–H and O–H groups in total. The maximum atomic E-state index is 11.7. The summed E-state index contributed by atoms with van der Waals surface area (Å²) >= 11 is 0. The van der Waals surface area contributed by atoms with Crippen molar-refractivity contribution in [3.63, 3.8) is 0 Å². The quantitative estimate of drug-likeness (QED) is 0.394. The van der Waals surface area contributed by atoms with E-state index in [0.29, 0.717) is 12.5 Å². The van der Waals surface area contributed by atoms with Crippen LogP contribution in [0.1, 0.15) is 12.6 Å². The minimum Gasteiger partial charge on any atom is -0.357 e. The Morgan fingerprint density at radius 2 is 1.92 bits per heavy atom. The van der Waals surface area contributed by atoms with Crippen LogP contribution in [0.3, 0.4) is 0 Å². The summed E-state index contributed by atoms with van der Waals surface area (Å²) in [5.41, 5.74) is 1.87. The summed E-state index contributed by atoms with van der Waals surface area (Å²) in [7, 11) is 3.45. The van der Waals surface area contributed by atoms with Gasteiger partial charge < -0.3 is 15.5 Å². The number of para-hydroxylation sites is 1. The number of amides is 1. The molecule has 1 heterocycles. The van der Waals surface area contributed by atoms with Gasteiger partial charge in [0.1, 0.15) is 0 Å². The summed E-state index contributed by atoms with van der Waals surface area (Å²) in [5, 5.41) is 10.7. The summed E-state index contributed by atoms with van der Waals surface area (Å²) in [6, 6.07) is 11.9. The van der Waals surface area contributed by atoms with Crippen LogP contribution in [0.5, 0.6) is 0 Å². The molecule has 0 spiro atoms. The molecule has 7 nitrogen and oxygen atoms in total. The van der Waals surface area contributed by atoms with Crippen molar-refractivity contribution in [1.82, 2.24) is 25.3 Å². The third kappa shape index (κ3) is 6.73. The zero-order valence-corrected chi connectivity index (χ0v) is 17.1. The van der Waals surface area contributed by atoms with Crippen molar-refractivity contribution in [2.75, 3.05) is 27.2 Å². The molecule has 0 aliphatic rings. The number of hydrogen-bond donors (Lipinski definition) is 2. The number of carbonyl (C=O) groups is 1. The van der Waals surface area contributed by atoms with Gasteiger partial charge in [-0.1, -0.05) is 18.2 Å². The number of nitrogens with zero attached hydrogens (tertiary/aromatic N) is 4. The molecule has 8 heteroatoms. The topological polar surface area (TPSA) is 74.5 Å². The average Bonchev–Trinajstić information content (AvgIpc) is 3.06. The first-order chi connectivity index (χ1) is 11.6. The van der Waals surface area contributed by atoms with E-state index in [-0.39, 0.29) is 36.4 Å². The molecule has 0 unspecified atom stereocenters. The van der Waals surface area contributed by atoms with E-state index >= 15 is 0 Å². The number of nitrogens with one attached hydrogen (secondary N) is 2. The lowest BCUT2D eigenvalue weighted by molar-refractivity contribution is -0.127. The van der Waals surface area contributed by atoms with Gasteiger partial charge in [-0.2, -0.15) is 5.10 Å². The minimum absolute atomic E-state index is 0. The predicted octanol–water partition coefficient (Wildman–Crippen LogP) is 1.63. The molecule has 2 aromatic rings. The second kappa shape index (κ2) is 10.7. The molecule has 0 fully saturated rings. The Morgan fingerprint density at radius 1 is 1.20 bits per heavy atom. The Kier molecular flexibility index (Phi) is 8.96. The molecule has 136 valence electrons. The molecule has 0 atom stereocenters. The molecular weight excluding hydrogens is 431 g/mol. The fraction of sp³-hybridized carbons (Fsp3) is 0.353. The number of likely N-dealkylation sites (N-methyl/N-ethyl adjacent to an activating group) is 1. The Bertz CT molecular complexity index is 683. The minimum atomic E-state index is -0.00559. The van der Waals surface area contributed by atoms with E-state index in [1.54, 1.807) is 14.1 Å². The van der Waals surface area contributed by atoms with Crippen LogP contribution in [0.15, 0.2) is 47.6 Å². The Hall–Kier alpha value is -2.10. The molecule has 1 aromatic carbocycles. The summed E-state index contributed by atoms with van der Waals surface area (Å²) < 4.78 is 1.82. The van der Waals surface area contributed by atoms with Gasteiger partial charge in [0.15, 0.2) is 5.96 Å². The van der Waals surface area contributed by atoms with Crippen LogP contribution in [-0.4, -0.2) is 53.7 Å². The molecule has 25 heavy (non-hydrogen) atoms. The van der Waals surface area contributed by atoms with E-state index in [1.807, 2.05) is 54.2 Å². The Balaban J connectivity index is 0.00000312. The van der Waals surface area contributed by atoms with Crippen LogP contribution in [-0.2, 0) is 11.3 Å². The van der Waals surface area contributed by atoms with Crippen LogP contribution in [0.4, 0.5) is 0 Å². The zero-order valence-electron chi connectivity index (χ0n) is 14.8. The van der Waals surface area contributed by atoms with E-state index < -0.39 is 0 Å². The molecule has 0 aliphatic carbocycles. The molecule has 0 saturated carbocycles. The second-order valence-electron chi connectivity index (χ2n) is 5.42. The third-order valence-corrected chi connectivity index (χ3v) is 3.31. The molecule has 2 rings (SSSR count). The van der Waals surface area contributed by atoms with Crippen LogP contribution in [0, 0.1) is 0 Å². The lowest BCUT2D eigenvalue weighted by atomic mass is 10.3. The van der Waals surface area contributed by atoms with E-state index in [2.05, 4.69) is 20.7 Å². The van der Waals surface area contributed by atoms with Crippen molar-refractivity contribution < 1.29 is 4.79 Å². The normalized spacial score (nSPS) is 10.8. The molecule has 0 aliphatic heterocycles. The van der Waals surface area contributed by atoms with Crippen molar-refractivity contribution in [2.45, 2.75) is 13.5 Å². The summed E-state index contributed by atoms with van der Waals surface area (Å²) in [4.78, 5) is 17.7. The van der Waals surface area contributed by atoms with Gasteiger partial charge in [-0.3, -0.25) is 4.79 Å². The number of rotatable bonds is 6. The standard InChI is InChI=1S/C17H24N6O.HI/c1-4-18-17(20-13-16(24)22(2)3)19-12-14-10-11-23(21-14)15-8-6-5-7-9-15;/h5-11H,4,12-13H2,1-3H3,(H2,18,19,20);1H. The Labute approximate surface area is 165 Å². The number of benzene rings is 1. The summed E-state index contributed by atoms with van der Waals surface area (Å²) in [5.74, 6) is 0.593. The summed E-state index contributed by atoms with van der Waals surface area (Å²) in [6.07, 6.45) is 1.91. The van der Waals surface area contributed by atoms with Gasteiger partial charge in [0.2, 0.25) is 5.91 Å². The van der Waals surface area contributed by atoms with Crippen LogP contribution in [0.25, 0.3) is 5.69 Å². The van der Waals surface area contributed by atoms with Gasteiger partial charge in [0, 0.05) is 26.8 Å². The van der Waals surface area contributed by atoms with E-state index in [9.17, 15) is 4.79 Å². The van der Waals surface area contributed by atoms with Gasteiger partial charge in [-0.25, -0.2) is 9.67 Å². The van der Waals surface area contributed by atoms with Gasteiger partial charge >= 0.3 is 0 Å². The first-order valence-electron chi connectivity index (χ1n) is 7.92. The molecular formula is C17H25IN6O. The molecule has 1 aromatic heterocycles. The van der Waals surface area contributed by atoms with Gasteiger partial charge in [0.05, 0.1) is 24.5 Å². The highest BCUT2D eigenvalue weighted by Crippen LogP contribution is 2.07. The van der Waals surface area contributed by atoms with Crippen molar-refractivity contribution in [2.24, 2.45) is 4.99 Å². The van der Waals surface area contributed by atoms with Crippen molar-refractivity contribution in [3.8, 4) is 5.69 Å². The molecule has 0 radical (unpaired) electrons. The molecule has 0 saturated heterocycles. The maximum Gasteiger partial charge on any atom is 0.241 e. The lowest BCUT2D eigenvalue weighted by Crippen LogP contribution is -2.42. The van der Waals surface area contributed by atoms with E-state index in [4.69, 9.17) is 0 Å². The number of guanidine groups is 1. The first kappa shape index (κ1) is 20.9. The number of halogens is 1. The largest absolute Gasteiger partial charge is 0.357 e. The van der Waals surface area contributed by atoms with Crippen LogP contribution >= 0.6 is 24.0 Å². The second-order valence-corrected chi connectivity index (χ2v) is 5.42. The number of hydrogen-bond acceptors (Lipinski definition) is 3. The highest BCUT2D eigenvalue weighted by Gasteiger charge is 2.06. The average molecular weight is 456 g/mol. The van der Waals surface area contributed by atoms with Crippen molar-refractivity contribution in [1.29, 1.82) is 0 Å². The monoisotopic (exact) mass is 456 g/mol. The predicted molar refractivity (Wildman–Crippen MR) is 110 cm³/mol. The fourth-order valence-electron chi connectivity index (χ4n) is 1.99. The highest BCUT2D eigenvalue weighted by molar-refractivity contribution is 14.0. The first-order valence-corrected chi connectivity index (χ1v) is 7.92. The number of aliphatic imine (C=N–C) groups is 1. The van der Waals surface area contributed by atoms with Gasteiger partial charge in [0.25, 0.3) is 0 Å². The molecule has 0 bridgehead atoms. The van der Waals surface area contributed by atoms with Crippen LogP contribution in [0.2, 0.25) is 0 Å². The van der Waals surface area contributed by atoms with E-state index in [0.717, 1.165) is 17.9 Å². The fourth-order valence-corrected chi connectivity index (χ4v) is 1.99. The number of carbonyl (C=O) groups excluding carboxylic acids is 1. The zero-order chi connectivity index (χ0) is 17.4. The van der Waals surface area contributed by atoms with E-state index in [1.165, 1.54) is 4.90 Å². The highest BCUT2D eigenvalue weighted by atomic mass is 127. The number of aromatic nitrogens is 2. The van der Waals surface area contributed by atoms with Gasteiger partial charge in [-0.15, -0.1) is 24.0 Å². The smallest absolute Gasteiger partial charge is 0.241 e. The SMILES string of the molecule is CCNC(=NCc1ccn(-c2ccccc2)n1)NCC(=O)N(C)C.I. The van der Waals surface area contributed by atoms with Gasteiger partial charge in [-0.05, 0) is 25.1 Å². The van der Waals surface area contributed by atoms with Crippen molar-refractivity contribution in [3.05, 3.63) is 48.3 Å².